The summed E-state index contributed by atoms with van der Waals surface area (Å²) in [5.74, 6) is -0.111. The summed E-state index contributed by atoms with van der Waals surface area (Å²) >= 11 is 1.10. The molecule has 0 aliphatic carbocycles. The van der Waals surface area contributed by atoms with Gasteiger partial charge in [0.15, 0.2) is 11.6 Å². The zero-order chi connectivity index (χ0) is 18.1. The minimum Gasteiger partial charge on any atom is -0.505 e. The van der Waals surface area contributed by atoms with Gasteiger partial charge in [0.2, 0.25) is 0 Å². The van der Waals surface area contributed by atoms with E-state index in [1.807, 2.05) is 19.9 Å². The number of fused-ring (bicyclic) bond motifs is 1. The first-order valence-electron chi connectivity index (χ1n) is 7.41. The van der Waals surface area contributed by atoms with Gasteiger partial charge in [-0.3, -0.25) is 4.31 Å². The summed E-state index contributed by atoms with van der Waals surface area (Å²) < 4.78 is 31.7. The normalized spacial score (nSPS) is 14.3. The number of aliphatic hydroxyl groups excluding tert-OH is 1. The maximum absolute atomic E-state index is 12.8. The van der Waals surface area contributed by atoms with Crippen LogP contribution in [0.2, 0.25) is 0 Å². The van der Waals surface area contributed by atoms with Crippen LogP contribution in [0.5, 0.6) is 5.19 Å². The molecule has 3 rings (SSSR count). The summed E-state index contributed by atoms with van der Waals surface area (Å²) in [5, 5.41) is 10.8. The number of benzene rings is 1. The SMILES string of the molecule is CC.COc1nc2c(s1)C(O)=C(c1ccccc1C)S(=O)(=O)N2C.[CH3-].[Y]. The van der Waals surface area contributed by atoms with E-state index in [0.717, 1.165) is 21.2 Å². The molecule has 1 aromatic carbocycles. The smallest absolute Gasteiger partial charge is 0.275 e. The molecule has 2 aromatic rings. The molecule has 1 aromatic heterocycles. The third-order valence-electron chi connectivity index (χ3n) is 3.50. The Bertz CT molecular complexity index is 892. The van der Waals surface area contributed by atoms with Crippen molar-refractivity contribution in [2.75, 3.05) is 18.5 Å². The minimum atomic E-state index is -3.88. The van der Waals surface area contributed by atoms with Crippen molar-refractivity contribution < 1.29 is 51.0 Å². The quantitative estimate of drug-likeness (QED) is 0.666. The first-order valence-corrected chi connectivity index (χ1v) is 9.67. The Balaban J connectivity index is 0.00000151. The Kier molecular flexibility index (Phi) is 9.47. The number of aryl methyl sites for hydroxylation is 1. The topological polar surface area (TPSA) is 79.7 Å². The maximum Gasteiger partial charge on any atom is 0.275 e. The van der Waals surface area contributed by atoms with Gasteiger partial charge in [-0.1, -0.05) is 49.4 Å². The molecule has 0 amide bonds. The largest absolute Gasteiger partial charge is 0.505 e. The Morgan fingerprint density at radius 3 is 2.35 bits per heavy atom. The van der Waals surface area contributed by atoms with Crippen LogP contribution < -0.4 is 9.04 Å². The maximum atomic E-state index is 12.8. The van der Waals surface area contributed by atoms with Gasteiger partial charge in [-0.15, -0.1) is 0 Å². The molecule has 6 nitrogen and oxygen atoms in total. The average Bonchev–Trinajstić information content (AvgIpc) is 3.01. The first kappa shape index (κ1) is 25.0. The van der Waals surface area contributed by atoms with Crippen molar-refractivity contribution >= 4 is 37.8 Å². The molecule has 0 unspecified atom stereocenters. The van der Waals surface area contributed by atoms with Crippen molar-refractivity contribution in [2.24, 2.45) is 0 Å². The molecule has 1 radical (unpaired) electrons. The number of thiazole rings is 1. The van der Waals surface area contributed by atoms with E-state index in [1.54, 1.807) is 25.1 Å². The van der Waals surface area contributed by atoms with E-state index in [9.17, 15) is 13.5 Å². The van der Waals surface area contributed by atoms with Crippen LogP contribution in [0.4, 0.5) is 5.82 Å². The third-order valence-corrected chi connectivity index (χ3v) is 6.34. The Morgan fingerprint density at radius 2 is 1.81 bits per heavy atom. The predicted molar refractivity (Wildman–Crippen MR) is 104 cm³/mol. The fourth-order valence-electron chi connectivity index (χ4n) is 2.32. The van der Waals surface area contributed by atoms with Gasteiger partial charge in [0.1, 0.15) is 9.78 Å². The molecule has 26 heavy (non-hydrogen) atoms. The summed E-state index contributed by atoms with van der Waals surface area (Å²) in [6.07, 6.45) is 0. The van der Waals surface area contributed by atoms with E-state index in [-0.39, 0.29) is 56.6 Å². The number of sulfonamides is 1. The van der Waals surface area contributed by atoms with Crippen LogP contribution in [0.25, 0.3) is 10.7 Å². The second kappa shape index (κ2) is 9.83. The molecule has 0 spiro atoms. The van der Waals surface area contributed by atoms with Gasteiger partial charge in [-0.2, -0.15) is 4.98 Å². The first-order chi connectivity index (χ1) is 11.4. The molecule has 1 N–H and O–H groups in total. The number of hydrogen-bond donors (Lipinski definition) is 1. The Morgan fingerprint density at radius 1 is 1.23 bits per heavy atom. The second-order valence-electron chi connectivity index (χ2n) is 4.80. The van der Waals surface area contributed by atoms with Crippen molar-refractivity contribution in [2.45, 2.75) is 20.8 Å². The molecule has 0 saturated carbocycles. The molecule has 1 aliphatic rings. The summed E-state index contributed by atoms with van der Waals surface area (Å²) in [6.45, 7) is 5.80. The van der Waals surface area contributed by atoms with Gasteiger partial charge in [0.05, 0.1) is 7.11 Å². The molecule has 0 atom stereocenters. The van der Waals surface area contributed by atoms with Crippen molar-refractivity contribution in [1.82, 2.24) is 4.98 Å². The molecule has 9 heteroatoms. The summed E-state index contributed by atoms with van der Waals surface area (Å²) in [4.78, 5) is 4.37. The summed E-state index contributed by atoms with van der Waals surface area (Å²) in [7, 11) is -1.02. The van der Waals surface area contributed by atoms with Crippen LogP contribution in [0.1, 0.15) is 29.9 Å². The number of hydrogen-bond acceptors (Lipinski definition) is 6. The number of aromatic nitrogens is 1. The zero-order valence-corrected chi connectivity index (χ0v) is 20.2. The number of nitrogens with zero attached hydrogens (tertiary/aromatic N) is 2. The monoisotopic (exact) mass is 472 g/mol. The number of ether oxygens (including phenoxy) is 1. The average molecular weight is 472 g/mol. The molecule has 0 fully saturated rings. The molecule has 0 saturated heterocycles. The molecule has 141 valence electrons. The molecular weight excluding hydrogens is 449 g/mol. The van der Waals surface area contributed by atoms with Crippen LogP contribution in [0.15, 0.2) is 24.3 Å². The van der Waals surface area contributed by atoms with Crippen LogP contribution in [0, 0.1) is 14.4 Å². The van der Waals surface area contributed by atoms with Crippen LogP contribution in [0.3, 0.4) is 0 Å². The van der Waals surface area contributed by atoms with E-state index in [0.29, 0.717) is 15.6 Å². The molecule has 1 aliphatic heterocycles. The van der Waals surface area contributed by atoms with Gasteiger partial charge in [-0.25, -0.2) is 8.42 Å². The standard InChI is InChI=1S/C14H14N2O4S2.C2H6.CH3.Y/c1-8-6-4-5-7-9(8)12-10(17)11-13(15-14(20-3)21-11)16(2)22(12,18)19;1-2;;/h4-7,17H,1-3H3;1-2H3;1H3;/q;;-1;. The van der Waals surface area contributed by atoms with E-state index in [2.05, 4.69) is 4.98 Å². The second-order valence-corrected chi connectivity index (χ2v) is 7.67. The van der Waals surface area contributed by atoms with E-state index in [1.165, 1.54) is 14.2 Å². The van der Waals surface area contributed by atoms with E-state index >= 15 is 0 Å². The third kappa shape index (κ3) is 4.13. The van der Waals surface area contributed by atoms with Gasteiger partial charge in [0, 0.05) is 45.3 Å². The van der Waals surface area contributed by atoms with E-state index < -0.39 is 10.0 Å². The van der Waals surface area contributed by atoms with Gasteiger partial charge < -0.3 is 17.3 Å². The number of anilines is 1. The number of rotatable bonds is 2. The van der Waals surface area contributed by atoms with Crippen molar-refractivity contribution in [1.29, 1.82) is 0 Å². The predicted octanol–water partition coefficient (Wildman–Crippen LogP) is 4.10. The van der Waals surface area contributed by atoms with Crippen LogP contribution in [-0.2, 0) is 42.7 Å². The van der Waals surface area contributed by atoms with Crippen molar-refractivity contribution in [3.05, 3.63) is 47.7 Å². The van der Waals surface area contributed by atoms with Gasteiger partial charge in [-0.05, 0) is 12.5 Å². The zero-order valence-electron chi connectivity index (χ0n) is 15.8. The van der Waals surface area contributed by atoms with Crippen LogP contribution in [-0.4, -0.2) is 32.7 Å². The van der Waals surface area contributed by atoms with E-state index in [4.69, 9.17) is 4.74 Å². The molecular formula is C17H23N2O4S2Y-. The number of aliphatic hydroxyl groups is 1. The van der Waals surface area contributed by atoms with Crippen molar-refractivity contribution in [3.8, 4) is 5.19 Å². The fraction of sp³-hybridized carbons (Fsp3) is 0.294. The molecule has 0 bridgehead atoms. The van der Waals surface area contributed by atoms with Gasteiger partial charge in [0.25, 0.3) is 15.2 Å². The summed E-state index contributed by atoms with van der Waals surface area (Å²) in [5.41, 5.74) is 1.24. The summed E-state index contributed by atoms with van der Waals surface area (Å²) in [6, 6.07) is 7.03. The molecule has 2 heterocycles. The Labute approximate surface area is 184 Å². The van der Waals surface area contributed by atoms with Gasteiger partial charge >= 0.3 is 0 Å². The minimum absolute atomic E-state index is 0. The number of methoxy groups -OCH3 is 1. The Hall–Kier alpha value is -0.956. The van der Waals surface area contributed by atoms with Crippen molar-refractivity contribution in [3.63, 3.8) is 0 Å². The fourth-order valence-corrected chi connectivity index (χ4v) is 4.79. The van der Waals surface area contributed by atoms with Crippen LogP contribution >= 0.6 is 11.3 Å².